The normalized spacial score (nSPS) is 21.2. The first-order valence-corrected chi connectivity index (χ1v) is 8.48. The lowest BCUT2D eigenvalue weighted by Crippen LogP contribution is -2.65. The van der Waals surface area contributed by atoms with Gasteiger partial charge in [0.2, 0.25) is 0 Å². The molecule has 0 saturated heterocycles. The molecule has 26 heavy (non-hydrogen) atoms. The number of benzene rings is 2. The van der Waals surface area contributed by atoms with Crippen molar-refractivity contribution >= 4 is 17.6 Å². The quantitative estimate of drug-likeness (QED) is 0.797. The summed E-state index contributed by atoms with van der Waals surface area (Å²) >= 11 is 0. The third-order valence-electron chi connectivity index (χ3n) is 4.77. The van der Waals surface area contributed by atoms with Gasteiger partial charge in [0, 0.05) is 5.56 Å². The summed E-state index contributed by atoms with van der Waals surface area (Å²) in [5, 5.41) is 11.4. The molecule has 0 fully saturated rings. The van der Waals surface area contributed by atoms with E-state index in [2.05, 4.69) is 0 Å². The minimum atomic E-state index is -2.20. The van der Waals surface area contributed by atoms with Crippen LogP contribution in [0.2, 0.25) is 0 Å². The molecule has 0 aromatic heterocycles. The number of rotatable bonds is 5. The van der Waals surface area contributed by atoms with E-state index in [1.165, 1.54) is 11.8 Å². The Bertz CT molecular complexity index is 835. The molecule has 2 atom stereocenters. The van der Waals surface area contributed by atoms with E-state index in [1.807, 2.05) is 30.3 Å². The number of nitrogens with zero attached hydrogens (tertiary/aromatic N) is 1. The number of carbonyl (C=O) groups excluding carboxylic acids is 2. The van der Waals surface area contributed by atoms with E-state index in [1.54, 1.807) is 31.2 Å². The Hall–Kier alpha value is -2.70. The maximum absolute atomic E-state index is 13.2. The number of hydrogen-bond acceptors (Lipinski definition) is 5. The lowest BCUT2D eigenvalue weighted by Gasteiger charge is -2.36. The van der Waals surface area contributed by atoms with Gasteiger partial charge in [0.05, 0.1) is 18.8 Å². The molecule has 0 aliphatic carbocycles. The second-order valence-corrected chi connectivity index (χ2v) is 6.53. The Labute approximate surface area is 152 Å². The molecule has 6 nitrogen and oxygen atoms in total. The van der Waals surface area contributed by atoms with Crippen molar-refractivity contribution in [3.05, 3.63) is 65.7 Å². The molecule has 2 aromatic carbocycles. The van der Waals surface area contributed by atoms with Crippen LogP contribution in [0.3, 0.4) is 0 Å². The molecule has 0 spiro atoms. The predicted octanol–water partition coefficient (Wildman–Crippen LogP) is 1.70. The highest BCUT2D eigenvalue weighted by Gasteiger charge is 2.63. The van der Waals surface area contributed by atoms with Crippen LogP contribution in [0.1, 0.15) is 25.0 Å². The first-order valence-electron chi connectivity index (χ1n) is 8.48. The number of ether oxygens (including phenoxy) is 1. The topological polar surface area (TPSA) is 92.9 Å². The molecule has 136 valence electrons. The summed E-state index contributed by atoms with van der Waals surface area (Å²) < 4.78 is 5.01. The molecule has 3 rings (SSSR count). The number of amides is 1. The van der Waals surface area contributed by atoms with Crippen molar-refractivity contribution in [2.24, 2.45) is 5.73 Å². The lowest BCUT2D eigenvalue weighted by molar-refractivity contribution is -0.167. The van der Waals surface area contributed by atoms with E-state index in [0.29, 0.717) is 11.3 Å². The van der Waals surface area contributed by atoms with Crippen LogP contribution in [0.15, 0.2) is 54.6 Å². The van der Waals surface area contributed by atoms with Gasteiger partial charge in [-0.25, -0.2) is 4.79 Å². The molecule has 0 saturated carbocycles. The van der Waals surface area contributed by atoms with Gasteiger partial charge >= 0.3 is 5.97 Å². The van der Waals surface area contributed by atoms with Crippen molar-refractivity contribution in [1.29, 1.82) is 0 Å². The van der Waals surface area contributed by atoms with Gasteiger partial charge in [0.1, 0.15) is 0 Å². The summed E-state index contributed by atoms with van der Waals surface area (Å²) in [5.41, 5.74) is 3.78. The van der Waals surface area contributed by atoms with Crippen molar-refractivity contribution < 1.29 is 19.4 Å². The zero-order valence-corrected chi connectivity index (χ0v) is 14.8. The molecule has 0 unspecified atom stereocenters. The van der Waals surface area contributed by atoms with E-state index in [4.69, 9.17) is 10.5 Å². The van der Waals surface area contributed by atoms with Crippen molar-refractivity contribution in [3.8, 4) is 0 Å². The van der Waals surface area contributed by atoms with Gasteiger partial charge in [-0.05, 0) is 25.5 Å². The van der Waals surface area contributed by atoms with E-state index in [-0.39, 0.29) is 13.2 Å². The summed E-state index contributed by atoms with van der Waals surface area (Å²) in [7, 11) is 0. The Kier molecular flexibility index (Phi) is 4.56. The molecule has 3 N–H and O–H groups in total. The highest BCUT2D eigenvalue weighted by Crippen LogP contribution is 2.46. The largest absolute Gasteiger partial charge is 0.465 e. The molecular formula is C20H22N2O4. The van der Waals surface area contributed by atoms with Gasteiger partial charge in [-0.15, -0.1) is 0 Å². The second kappa shape index (κ2) is 6.55. The number of aliphatic hydroxyl groups is 1. The number of anilines is 1. The standard InChI is InChI=1S/C20H22N2O4/c1-3-26-18(24)19(2,21)20(25)15-11-7-8-12-16(15)22(17(20)23)13-14-9-5-4-6-10-14/h4-12,25H,3,13,21H2,1-2H3/t19-,20-/m1/s1. The highest BCUT2D eigenvalue weighted by molar-refractivity contribution is 6.10. The molecular weight excluding hydrogens is 332 g/mol. The molecule has 1 aliphatic heterocycles. The number of fused-ring (bicyclic) bond motifs is 1. The maximum Gasteiger partial charge on any atom is 0.329 e. The van der Waals surface area contributed by atoms with Crippen molar-refractivity contribution in [2.45, 2.75) is 31.5 Å². The smallest absolute Gasteiger partial charge is 0.329 e. The molecule has 0 bridgehead atoms. The van der Waals surface area contributed by atoms with Crippen LogP contribution in [0.4, 0.5) is 5.69 Å². The first kappa shape index (κ1) is 18.1. The van der Waals surface area contributed by atoms with Crippen LogP contribution in [-0.2, 0) is 26.5 Å². The van der Waals surface area contributed by atoms with E-state index >= 15 is 0 Å². The molecule has 2 aromatic rings. The fourth-order valence-electron chi connectivity index (χ4n) is 3.29. The average Bonchev–Trinajstić information content (AvgIpc) is 2.86. The fraction of sp³-hybridized carbons (Fsp3) is 0.300. The van der Waals surface area contributed by atoms with Crippen molar-refractivity contribution in [1.82, 2.24) is 0 Å². The Morgan fingerprint density at radius 2 is 1.81 bits per heavy atom. The van der Waals surface area contributed by atoms with Crippen LogP contribution in [0.25, 0.3) is 0 Å². The monoisotopic (exact) mass is 354 g/mol. The zero-order valence-electron chi connectivity index (χ0n) is 14.8. The Balaban J connectivity index is 2.08. The molecule has 1 heterocycles. The predicted molar refractivity (Wildman–Crippen MR) is 97.2 cm³/mol. The lowest BCUT2D eigenvalue weighted by atomic mass is 9.77. The van der Waals surface area contributed by atoms with E-state index in [9.17, 15) is 14.7 Å². The third-order valence-corrected chi connectivity index (χ3v) is 4.77. The van der Waals surface area contributed by atoms with Crippen LogP contribution in [0, 0.1) is 0 Å². The van der Waals surface area contributed by atoms with Gasteiger partial charge in [-0.3, -0.25) is 4.79 Å². The first-order chi connectivity index (χ1) is 12.3. The summed E-state index contributed by atoms with van der Waals surface area (Å²) in [5.74, 6) is -1.46. The van der Waals surface area contributed by atoms with E-state index < -0.39 is 23.0 Å². The average molecular weight is 354 g/mol. The van der Waals surface area contributed by atoms with Crippen LogP contribution in [-0.4, -0.2) is 29.1 Å². The second-order valence-electron chi connectivity index (χ2n) is 6.53. The molecule has 6 heteroatoms. The molecule has 1 amide bonds. The van der Waals surface area contributed by atoms with Gasteiger partial charge < -0.3 is 20.5 Å². The zero-order chi connectivity index (χ0) is 18.9. The summed E-state index contributed by atoms with van der Waals surface area (Å²) in [6.07, 6.45) is 0. The van der Waals surface area contributed by atoms with Crippen LogP contribution < -0.4 is 10.6 Å². The van der Waals surface area contributed by atoms with Gasteiger partial charge in [0.15, 0.2) is 11.1 Å². The SMILES string of the molecule is CCOC(=O)[C@@](C)(N)[C@]1(O)C(=O)N(Cc2ccccc2)c2ccccc21. The van der Waals surface area contributed by atoms with E-state index in [0.717, 1.165) is 5.56 Å². The van der Waals surface area contributed by atoms with Crippen LogP contribution in [0.5, 0.6) is 0 Å². The number of nitrogens with two attached hydrogens (primary N) is 1. The third kappa shape index (κ3) is 2.58. The number of carbonyl (C=O) groups is 2. The minimum absolute atomic E-state index is 0.102. The summed E-state index contributed by atoms with van der Waals surface area (Å²) in [6.45, 7) is 3.33. The Morgan fingerprint density at radius 3 is 2.46 bits per heavy atom. The van der Waals surface area contributed by atoms with Gasteiger partial charge in [-0.2, -0.15) is 0 Å². The van der Waals surface area contributed by atoms with Crippen LogP contribution >= 0.6 is 0 Å². The summed E-state index contributed by atoms with van der Waals surface area (Å²) in [4.78, 5) is 27.1. The highest BCUT2D eigenvalue weighted by atomic mass is 16.5. The molecule has 1 aliphatic rings. The maximum atomic E-state index is 13.2. The Morgan fingerprint density at radius 1 is 1.19 bits per heavy atom. The molecule has 0 radical (unpaired) electrons. The van der Waals surface area contributed by atoms with Gasteiger partial charge in [0.25, 0.3) is 5.91 Å². The number of para-hydroxylation sites is 1. The fourth-order valence-corrected chi connectivity index (χ4v) is 3.29. The van der Waals surface area contributed by atoms with Crippen molar-refractivity contribution in [3.63, 3.8) is 0 Å². The minimum Gasteiger partial charge on any atom is -0.465 e. The number of hydrogen-bond donors (Lipinski definition) is 2. The van der Waals surface area contributed by atoms with Crippen molar-refractivity contribution in [2.75, 3.05) is 11.5 Å². The number of esters is 1. The van der Waals surface area contributed by atoms with Gasteiger partial charge in [-0.1, -0.05) is 48.5 Å². The summed E-state index contributed by atoms with van der Waals surface area (Å²) in [6, 6.07) is 16.2.